The number of methoxy groups -OCH3 is 2. The average Bonchev–Trinajstić information content (AvgIpc) is 3.45. The Bertz CT molecular complexity index is 1050. The minimum atomic E-state index is -3.61. The van der Waals surface area contributed by atoms with Gasteiger partial charge in [-0.05, 0) is 25.0 Å². The zero-order valence-electron chi connectivity index (χ0n) is 19.4. The van der Waals surface area contributed by atoms with E-state index < -0.39 is 16.3 Å². The number of nitrogens with zero attached hydrogens (tertiary/aromatic N) is 4. The van der Waals surface area contributed by atoms with Crippen LogP contribution in [0.25, 0.3) is 11.4 Å². The molecule has 3 rings (SSSR count). The third kappa shape index (κ3) is 6.33. The van der Waals surface area contributed by atoms with Gasteiger partial charge in [0.15, 0.2) is 17.3 Å². The minimum absolute atomic E-state index is 0.0443. The number of benzene rings is 1. The fourth-order valence-electron chi connectivity index (χ4n) is 3.64. The molecule has 0 spiro atoms. The highest BCUT2D eigenvalue weighted by atomic mass is 32.2. The van der Waals surface area contributed by atoms with Crippen LogP contribution >= 0.6 is 11.8 Å². The number of hydrogen-bond donors (Lipinski definition) is 1. The van der Waals surface area contributed by atoms with Gasteiger partial charge in [-0.2, -0.15) is 0 Å². The molecule has 0 unspecified atom stereocenters. The van der Waals surface area contributed by atoms with Gasteiger partial charge in [-0.25, -0.2) is 12.7 Å². The van der Waals surface area contributed by atoms with E-state index in [-0.39, 0.29) is 29.1 Å². The van der Waals surface area contributed by atoms with Gasteiger partial charge in [0.1, 0.15) is 0 Å². The summed E-state index contributed by atoms with van der Waals surface area (Å²) < 4.78 is 38.8. The van der Waals surface area contributed by atoms with Crippen molar-refractivity contribution >= 4 is 27.7 Å². The Labute approximate surface area is 199 Å². The highest BCUT2D eigenvalue weighted by Crippen LogP contribution is 2.27. The molecule has 33 heavy (non-hydrogen) atoms. The van der Waals surface area contributed by atoms with Gasteiger partial charge in [-0.15, -0.1) is 10.2 Å². The number of nitrogens with one attached hydrogen (secondary N) is 1. The standard InChI is InChI=1S/C21H31N5O5S2/c1-25(2)33(28,29)17-11-7-8-15(12-17)20-23-24-21(26(20)13-19(30-3)31-4)32-14-18(27)22-16-9-5-6-10-16/h7-8,11-12,16,19H,5-6,9-10,13-14H2,1-4H3,(H,22,27). The second-order valence-electron chi connectivity index (χ2n) is 7.97. The summed E-state index contributed by atoms with van der Waals surface area (Å²) in [6.07, 6.45) is 3.76. The van der Waals surface area contributed by atoms with Crippen molar-refractivity contribution in [3.63, 3.8) is 0 Å². The van der Waals surface area contributed by atoms with Gasteiger partial charge < -0.3 is 14.8 Å². The van der Waals surface area contributed by atoms with Crippen molar-refractivity contribution < 1.29 is 22.7 Å². The second-order valence-corrected chi connectivity index (χ2v) is 11.1. The van der Waals surface area contributed by atoms with Crippen LogP contribution < -0.4 is 5.32 Å². The monoisotopic (exact) mass is 497 g/mol. The van der Waals surface area contributed by atoms with Crippen LogP contribution in [0.3, 0.4) is 0 Å². The maximum absolute atomic E-state index is 12.6. The molecule has 1 aliphatic rings. The Balaban J connectivity index is 1.87. The van der Waals surface area contributed by atoms with Gasteiger partial charge in [0, 0.05) is 39.9 Å². The van der Waals surface area contributed by atoms with Crippen molar-refractivity contribution in [2.75, 3.05) is 34.1 Å². The molecule has 1 aliphatic carbocycles. The summed E-state index contributed by atoms with van der Waals surface area (Å²) in [6.45, 7) is 0.270. The van der Waals surface area contributed by atoms with Crippen LogP contribution in [0.1, 0.15) is 25.7 Å². The van der Waals surface area contributed by atoms with Crippen LogP contribution in [0.15, 0.2) is 34.3 Å². The van der Waals surface area contributed by atoms with Crippen molar-refractivity contribution in [1.29, 1.82) is 0 Å². The van der Waals surface area contributed by atoms with Crippen LogP contribution in [0, 0.1) is 0 Å². The van der Waals surface area contributed by atoms with E-state index in [4.69, 9.17) is 9.47 Å². The largest absolute Gasteiger partial charge is 0.354 e. The number of carbonyl (C=O) groups excluding carboxylic acids is 1. The molecule has 10 nitrogen and oxygen atoms in total. The van der Waals surface area contributed by atoms with E-state index >= 15 is 0 Å². The lowest BCUT2D eigenvalue weighted by Crippen LogP contribution is -2.34. The molecule has 1 N–H and O–H groups in total. The normalized spacial score (nSPS) is 15.0. The van der Waals surface area contributed by atoms with Gasteiger partial charge in [-0.3, -0.25) is 9.36 Å². The number of thioether (sulfide) groups is 1. The Hall–Kier alpha value is -1.99. The summed E-state index contributed by atoms with van der Waals surface area (Å²) in [6, 6.07) is 6.78. The summed E-state index contributed by atoms with van der Waals surface area (Å²) in [5, 5.41) is 12.2. The third-order valence-electron chi connectivity index (χ3n) is 5.50. The van der Waals surface area contributed by atoms with Crippen molar-refractivity contribution in [3.8, 4) is 11.4 Å². The molecule has 0 atom stereocenters. The number of rotatable bonds is 11. The smallest absolute Gasteiger partial charge is 0.242 e. The first-order valence-electron chi connectivity index (χ1n) is 10.7. The molecule has 2 aromatic rings. The molecule has 1 heterocycles. The topological polar surface area (TPSA) is 116 Å². The first kappa shape index (κ1) is 25.6. The molecule has 1 amide bonds. The predicted octanol–water partition coefficient (Wildman–Crippen LogP) is 1.97. The summed E-state index contributed by atoms with van der Waals surface area (Å²) in [5.41, 5.74) is 0.582. The highest BCUT2D eigenvalue weighted by molar-refractivity contribution is 7.99. The second kappa shape index (κ2) is 11.4. The minimum Gasteiger partial charge on any atom is -0.354 e. The maximum atomic E-state index is 12.6. The molecule has 1 saturated carbocycles. The first-order chi connectivity index (χ1) is 15.8. The maximum Gasteiger partial charge on any atom is 0.242 e. The fourth-order valence-corrected chi connectivity index (χ4v) is 5.35. The predicted molar refractivity (Wildman–Crippen MR) is 125 cm³/mol. The molecule has 1 fully saturated rings. The van der Waals surface area contributed by atoms with Crippen LogP contribution in [0.2, 0.25) is 0 Å². The van der Waals surface area contributed by atoms with E-state index in [1.807, 2.05) is 0 Å². The van der Waals surface area contributed by atoms with Crippen LogP contribution in [-0.2, 0) is 30.8 Å². The molecule has 1 aromatic carbocycles. The lowest BCUT2D eigenvalue weighted by molar-refractivity contribution is -0.119. The molecule has 0 radical (unpaired) electrons. The van der Waals surface area contributed by atoms with Crippen LogP contribution in [-0.4, -0.2) is 79.8 Å². The average molecular weight is 498 g/mol. The molecule has 182 valence electrons. The Morgan fingerprint density at radius 1 is 1.24 bits per heavy atom. The van der Waals surface area contributed by atoms with E-state index in [2.05, 4.69) is 15.5 Å². The van der Waals surface area contributed by atoms with E-state index in [9.17, 15) is 13.2 Å². The number of ether oxygens (including phenoxy) is 2. The third-order valence-corrected chi connectivity index (χ3v) is 8.28. The van der Waals surface area contributed by atoms with Crippen LogP contribution in [0.4, 0.5) is 0 Å². The number of carbonyl (C=O) groups is 1. The molecule has 12 heteroatoms. The van der Waals surface area contributed by atoms with Crippen molar-refractivity contribution in [2.24, 2.45) is 0 Å². The zero-order chi connectivity index (χ0) is 24.0. The van der Waals surface area contributed by atoms with E-state index in [1.165, 1.54) is 46.1 Å². The Morgan fingerprint density at radius 3 is 2.58 bits per heavy atom. The first-order valence-corrected chi connectivity index (χ1v) is 13.1. The van der Waals surface area contributed by atoms with Gasteiger partial charge >= 0.3 is 0 Å². The summed E-state index contributed by atoms with van der Waals surface area (Å²) in [4.78, 5) is 12.6. The van der Waals surface area contributed by atoms with Crippen molar-refractivity contribution in [3.05, 3.63) is 24.3 Å². The summed E-state index contributed by atoms with van der Waals surface area (Å²) in [5.74, 6) is 0.620. The molecule has 0 aliphatic heterocycles. The number of aromatic nitrogens is 3. The van der Waals surface area contributed by atoms with Gasteiger partial charge in [-0.1, -0.05) is 36.7 Å². The van der Waals surface area contributed by atoms with E-state index in [0.29, 0.717) is 16.5 Å². The quantitative estimate of drug-likeness (QED) is 0.370. The highest BCUT2D eigenvalue weighted by Gasteiger charge is 2.23. The Morgan fingerprint density at radius 2 is 1.94 bits per heavy atom. The summed E-state index contributed by atoms with van der Waals surface area (Å²) in [7, 11) is 2.42. The van der Waals surface area contributed by atoms with Crippen LogP contribution in [0.5, 0.6) is 0 Å². The van der Waals surface area contributed by atoms with Gasteiger partial charge in [0.25, 0.3) is 0 Å². The van der Waals surface area contributed by atoms with Crippen molar-refractivity contribution in [2.45, 2.75) is 54.6 Å². The lowest BCUT2D eigenvalue weighted by atomic mass is 10.2. The van der Waals surface area contributed by atoms with E-state index in [1.54, 1.807) is 22.8 Å². The van der Waals surface area contributed by atoms with Gasteiger partial charge in [0.2, 0.25) is 15.9 Å². The Kier molecular flexibility index (Phi) is 8.88. The molecule has 0 saturated heterocycles. The van der Waals surface area contributed by atoms with Gasteiger partial charge in [0.05, 0.1) is 17.2 Å². The molecular formula is C21H31N5O5S2. The number of amides is 1. The molecular weight excluding hydrogens is 466 g/mol. The van der Waals surface area contributed by atoms with E-state index in [0.717, 1.165) is 30.0 Å². The SMILES string of the molecule is COC(Cn1c(SCC(=O)NC2CCCC2)nnc1-c1cccc(S(=O)(=O)N(C)C)c1)OC. The fraction of sp³-hybridized carbons (Fsp3) is 0.571. The number of sulfonamides is 1. The number of hydrogen-bond acceptors (Lipinski definition) is 8. The van der Waals surface area contributed by atoms with Crippen molar-refractivity contribution in [1.82, 2.24) is 24.4 Å². The molecule has 0 bridgehead atoms. The molecule has 1 aromatic heterocycles. The zero-order valence-corrected chi connectivity index (χ0v) is 21.0. The lowest BCUT2D eigenvalue weighted by Gasteiger charge is -2.17. The summed E-state index contributed by atoms with van der Waals surface area (Å²) >= 11 is 1.27.